The van der Waals surface area contributed by atoms with Crippen LogP contribution in [0.5, 0.6) is 0 Å². The Kier molecular flexibility index (Phi) is 29.5. The van der Waals surface area contributed by atoms with Crippen LogP contribution in [0.2, 0.25) is 0 Å². The maximum atomic E-state index is 12.5. The van der Waals surface area contributed by atoms with Crippen LogP contribution >= 0.6 is 7.82 Å². The number of hydrogen-bond donors (Lipinski definition) is 5. The van der Waals surface area contributed by atoms with Crippen molar-refractivity contribution >= 4 is 19.8 Å². The third-order valence-corrected chi connectivity index (χ3v) is 10.6. The molecule has 0 spiro atoms. The predicted octanol–water partition coefficient (Wildman–Crippen LogP) is 8.78. The van der Waals surface area contributed by atoms with Crippen molar-refractivity contribution in [2.24, 2.45) is 11.8 Å². The lowest BCUT2D eigenvalue weighted by molar-refractivity contribution is -0.160. The highest BCUT2D eigenvalue weighted by atomic mass is 31.2. The molecule has 0 aromatic carbocycles. The Morgan fingerprint density at radius 3 is 1.79 bits per heavy atom. The van der Waals surface area contributed by atoms with E-state index in [0.717, 1.165) is 38.5 Å². The lowest BCUT2D eigenvalue weighted by Crippen LogP contribution is -2.29. The van der Waals surface area contributed by atoms with Crippen LogP contribution in [0, 0.1) is 11.8 Å². The van der Waals surface area contributed by atoms with E-state index in [-0.39, 0.29) is 31.1 Å². The second kappa shape index (κ2) is 31.6. The van der Waals surface area contributed by atoms with Crippen LogP contribution < -0.4 is 0 Å². The quantitative estimate of drug-likeness (QED) is 0.0183. The van der Waals surface area contributed by atoms with E-state index < -0.39 is 57.4 Å². The Morgan fingerprint density at radius 1 is 0.717 bits per heavy atom. The van der Waals surface area contributed by atoms with Gasteiger partial charge in [-0.3, -0.25) is 14.1 Å². The van der Waals surface area contributed by atoms with Gasteiger partial charge in [-0.15, -0.1) is 0 Å². The molecule has 5 N–H and O–H groups in total. The maximum absolute atomic E-state index is 12.5. The zero-order valence-corrected chi connectivity index (χ0v) is 33.9. The summed E-state index contributed by atoms with van der Waals surface area (Å²) in [4.78, 5) is 43.1. The summed E-state index contributed by atoms with van der Waals surface area (Å²) in [7, 11) is -4.83. The smallest absolute Gasteiger partial charge is 0.461 e. The number of phosphoric ester groups is 1. The van der Waals surface area contributed by atoms with E-state index in [4.69, 9.17) is 19.3 Å². The highest BCUT2D eigenvalue weighted by Gasteiger charge is 2.39. The number of carbonyl (C=O) groups excluding carboxylic acids is 2. The van der Waals surface area contributed by atoms with Crippen molar-refractivity contribution in [3.05, 3.63) is 24.3 Å². The number of unbranched alkanes of at least 4 members (excludes halogenated alkanes) is 18. The Hall–Kier alpha value is -1.59. The molecule has 0 heterocycles. The Labute approximate surface area is 320 Å². The molecule has 0 bridgehead atoms. The number of esters is 2. The number of aliphatic hydroxyl groups is 3. The summed E-state index contributed by atoms with van der Waals surface area (Å²) in [5.74, 6) is -1.78. The van der Waals surface area contributed by atoms with Crippen LogP contribution in [-0.2, 0) is 28.2 Å². The number of carbonyl (C=O) groups is 2. The van der Waals surface area contributed by atoms with Crippen molar-refractivity contribution in [3.8, 4) is 0 Å². The van der Waals surface area contributed by atoms with Crippen LogP contribution in [0.15, 0.2) is 24.3 Å². The zero-order chi connectivity index (χ0) is 39.2. The van der Waals surface area contributed by atoms with E-state index in [1.807, 2.05) is 0 Å². The first-order valence-corrected chi connectivity index (χ1v) is 22.4. The standard InChI is InChI=1S/C41H75O11P/c1-3-5-7-8-9-10-11-12-13-14-15-16-17-18-19-20-22-28-41(46)52-35(33-51-53(47,48)49)32-50-40(45)27-24-23-26-36-37(39(44)31-38(36)43)30-29-34(42)25-21-6-4-2/h23-24,29-30,34-39,42-44H,3-22,25-28,31-33H2,1-2H3,(H2,47,48,49)/b24-23-,30-29+/t34-,35-,36+,37-,38+,39-/m1/s1. The van der Waals surface area contributed by atoms with Crippen LogP contribution in [0.3, 0.4) is 0 Å². The minimum absolute atomic E-state index is 0.110. The number of aliphatic hydroxyl groups excluding tert-OH is 3. The summed E-state index contributed by atoms with van der Waals surface area (Å²) in [5, 5.41) is 31.2. The molecule has 53 heavy (non-hydrogen) atoms. The van der Waals surface area contributed by atoms with Gasteiger partial charge in [-0.1, -0.05) is 160 Å². The molecule has 1 aliphatic rings. The van der Waals surface area contributed by atoms with Crippen LogP contribution in [0.1, 0.15) is 174 Å². The van der Waals surface area contributed by atoms with E-state index in [9.17, 15) is 29.5 Å². The SMILES string of the molecule is CCCCCCCCCCCCCCCCCCCC(=O)O[C@H](COC(=O)C/C=C\C[C@H]1[C@@H](/C=C/[C@H](O)CCCCC)[C@H](O)C[C@@H]1O)COP(=O)(O)O. The first-order valence-electron chi connectivity index (χ1n) is 20.9. The minimum atomic E-state index is -4.83. The van der Waals surface area contributed by atoms with E-state index in [1.165, 1.54) is 83.5 Å². The molecule has 0 amide bonds. The number of hydrogen-bond acceptors (Lipinski definition) is 9. The average molecular weight is 775 g/mol. The van der Waals surface area contributed by atoms with Gasteiger partial charge in [-0.25, -0.2) is 4.57 Å². The fourth-order valence-electron chi connectivity index (χ4n) is 6.88. The van der Waals surface area contributed by atoms with Crippen molar-refractivity contribution in [2.75, 3.05) is 13.2 Å². The molecule has 0 aromatic rings. The number of rotatable bonds is 34. The number of allylic oxidation sites excluding steroid dienone is 1. The van der Waals surface area contributed by atoms with Gasteiger partial charge in [0.25, 0.3) is 0 Å². The molecule has 0 saturated heterocycles. The minimum Gasteiger partial charge on any atom is -0.461 e. The normalized spacial score (nSPS) is 20.4. The van der Waals surface area contributed by atoms with Gasteiger partial charge in [0.15, 0.2) is 6.10 Å². The number of ether oxygens (including phenoxy) is 2. The lowest BCUT2D eigenvalue weighted by atomic mass is 9.89. The van der Waals surface area contributed by atoms with Gasteiger partial charge in [-0.2, -0.15) is 0 Å². The molecular weight excluding hydrogens is 699 g/mol. The predicted molar refractivity (Wildman–Crippen MR) is 209 cm³/mol. The highest BCUT2D eigenvalue weighted by molar-refractivity contribution is 7.46. The Bertz CT molecular complexity index is 1030. The van der Waals surface area contributed by atoms with Crippen molar-refractivity contribution in [3.63, 3.8) is 0 Å². The first-order chi connectivity index (χ1) is 25.5. The third-order valence-electron chi connectivity index (χ3n) is 10.1. The van der Waals surface area contributed by atoms with Gasteiger partial charge in [0, 0.05) is 18.8 Å². The van der Waals surface area contributed by atoms with Crippen LogP contribution in [0.25, 0.3) is 0 Å². The molecular formula is C41H75O11P. The summed E-state index contributed by atoms with van der Waals surface area (Å²) >= 11 is 0. The van der Waals surface area contributed by atoms with E-state index in [2.05, 4.69) is 18.4 Å². The molecule has 0 aromatic heterocycles. The van der Waals surface area contributed by atoms with Gasteiger partial charge >= 0.3 is 19.8 Å². The lowest BCUT2D eigenvalue weighted by Gasteiger charge is -2.19. The molecule has 6 atom stereocenters. The summed E-state index contributed by atoms with van der Waals surface area (Å²) in [5.41, 5.74) is 0. The molecule has 0 aliphatic heterocycles. The van der Waals surface area contributed by atoms with E-state index in [1.54, 1.807) is 24.3 Å². The fraction of sp³-hybridized carbons (Fsp3) is 0.854. The van der Waals surface area contributed by atoms with Crippen molar-refractivity contribution in [1.82, 2.24) is 0 Å². The highest BCUT2D eigenvalue weighted by Crippen LogP contribution is 2.37. The van der Waals surface area contributed by atoms with Gasteiger partial charge in [0.1, 0.15) is 6.61 Å². The second-order valence-corrected chi connectivity index (χ2v) is 16.2. The number of phosphoric acid groups is 1. The molecule has 1 rings (SSSR count). The fourth-order valence-corrected chi connectivity index (χ4v) is 7.24. The molecule has 1 saturated carbocycles. The average Bonchev–Trinajstić information content (AvgIpc) is 3.38. The molecule has 0 unspecified atom stereocenters. The molecule has 11 nitrogen and oxygen atoms in total. The second-order valence-electron chi connectivity index (χ2n) is 15.0. The molecule has 310 valence electrons. The molecule has 1 aliphatic carbocycles. The summed E-state index contributed by atoms with van der Waals surface area (Å²) in [6.45, 7) is 3.31. The summed E-state index contributed by atoms with van der Waals surface area (Å²) in [6, 6.07) is 0. The Balaban J connectivity index is 2.31. The maximum Gasteiger partial charge on any atom is 0.469 e. The van der Waals surface area contributed by atoms with Crippen LogP contribution in [-0.4, -0.2) is 74.7 Å². The third kappa shape index (κ3) is 27.6. The van der Waals surface area contributed by atoms with Crippen molar-refractivity contribution in [2.45, 2.75) is 199 Å². The Morgan fingerprint density at radius 2 is 1.25 bits per heavy atom. The van der Waals surface area contributed by atoms with Crippen molar-refractivity contribution in [1.29, 1.82) is 0 Å². The van der Waals surface area contributed by atoms with E-state index >= 15 is 0 Å². The summed E-state index contributed by atoms with van der Waals surface area (Å²) < 4.78 is 26.3. The largest absolute Gasteiger partial charge is 0.469 e. The summed E-state index contributed by atoms with van der Waals surface area (Å²) in [6.07, 6.45) is 28.9. The van der Waals surface area contributed by atoms with Gasteiger partial charge < -0.3 is 34.6 Å². The zero-order valence-electron chi connectivity index (χ0n) is 33.0. The van der Waals surface area contributed by atoms with Gasteiger partial charge in [-0.05, 0) is 25.2 Å². The van der Waals surface area contributed by atoms with Gasteiger partial charge in [0.2, 0.25) is 0 Å². The van der Waals surface area contributed by atoms with Crippen molar-refractivity contribution < 1.29 is 53.3 Å². The molecule has 12 heteroatoms. The van der Waals surface area contributed by atoms with Crippen LogP contribution in [0.4, 0.5) is 0 Å². The molecule has 0 radical (unpaired) electrons. The topological polar surface area (TPSA) is 180 Å². The first kappa shape index (κ1) is 49.4. The van der Waals surface area contributed by atoms with Gasteiger partial charge in [0.05, 0.1) is 31.3 Å². The van der Waals surface area contributed by atoms with E-state index in [0.29, 0.717) is 19.3 Å². The molecule has 1 fully saturated rings. The monoisotopic (exact) mass is 775 g/mol.